The molecule has 1 aromatic carbocycles. The van der Waals surface area contributed by atoms with Gasteiger partial charge >= 0.3 is 0 Å². The molecule has 3 N–H and O–H groups in total. The summed E-state index contributed by atoms with van der Waals surface area (Å²) < 4.78 is 27.4. The standard InChI is InChI=1S/C13H20ClN3O2S/c1-2-17-7-3-4-10(9-17)16-20(18,19)11-5-6-13(15)12(14)8-11/h5-6,8,10,16H,2-4,7,9,15H2,1H3. The molecule has 1 aliphatic rings. The topological polar surface area (TPSA) is 75.4 Å². The minimum atomic E-state index is -3.55. The lowest BCUT2D eigenvalue weighted by Crippen LogP contribution is -2.47. The summed E-state index contributed by atoms with van der Waals surface area (Å²) >= 11 is 5.88. The number of nitrogens with two attached hydrogens (primary N) is 1. The molecule has 0 amide bonds. The zero-order valence-electron chi connectivity index (χ0n) is 11.5. The number of sulfonamides is 1. The largest absolute Gasteiger partial charge is 0.398 e. The first kappa shape index (κ1) is 15.6. The summed E-state index contributed by atoms with van der Waals surface area (Å²) in [5, 5.41) is 0.256. The molecule has 5 nitrogen and oxygen atoms in total. The van der Waals surface area contributed by atoms with E-state index in [0.717, 1.165) is 32.5 Å². The predicted molar refractivity (Wildman–Crippen MR) is 81.3 cm³/mol. The second-order valence-electron chi connectivity index (χ2n) is 5.04. The van der Waals surface area contributed by atoms with Gasteiger partial charge in [0.2, 0.25) is 10.0 Å². The van der Waals surface area contributed by atoms with E-state index in [0.29, 0.717) is 5.69 Å². The van der Waals surface area contributed by atoms with Gasteiger partial charge in [-0.2, -0.15) is 0 Å². The molecule has 0 aromatic heterocycles. The summed E-state index contributed by atoms with van der Waals surface area (Å²) in [7, 11) is -3.55. The van der Waals surface area contributed by atoms with Crippen LogP contribution in [0.4, 0.5) is 5.69 Å². The molecule has 0 radical (unpaired) electrons. The van der Waals surface area contributed by atoms with Crippen molar-refractivity contribution in [1.29, 1.82) is 0 Å². The van der Waals surface area contributed by atoms with E-state index in [4.69, 9.17) is 17.3 Å². The van der Waals surface area contributed by atoms with Crippen LogP contribution in [0.2, 0.25) is 5.02 Å². The minimum absolute atomic E-state index is 0.0509. The SMILES string of the molecule is CCN1CCCC(NS(=O)(=O)c2ccc(N)c(Cl)c2)C1. The summed E-state index contributed by atoms with van der Waals surface area (Å²) in [6.07, 6.45) is 1.86. The van der Waals surface area contributed by atoms with E-state index >= 15 is 0 Å². The highest BCUT2D eigenvalue weighted by Gasteiger charge is 2.24. The van der Waals surface area contributed by atoms with Gasteiger partial charge in [0, 0.05) is 12.6 Å². The van der Waals surface area contributed by atoms with Gasteiger partial charge in [-0.05, 0) is 44.1 Å². The Balaban J connectivity index is 2.12. The van der Waals surface area contributed by atoms with Crippen molar-refractivity contribution < 1.29 is 8.42 Å². The van der Waals surface area contributed by atoms with E-state index in [9.17, 15) is 8.42 Å². The average molecular weight is 318 g/mol. The van der Waals surface area contributed by atoms with E-state index in [2.05, 4.69) is 16.5 Å². The van der Waals surface area contributed by atoms with Crippen molar-refractivity contribution in [2.24, 2.45) is 0 Å². The number of likely N-dealkylation sites (N-methyl/N-ethyl adjacent to an activating group) is 1. The Morgan fingerprint density at radius 1 is 1.50 bits per heavy atom. The van der Waals surface area contributed by atoms with Crippen LogP contribution in [-0.4, -0.2) is 39.0 Å². The number of rotatable bonds is 4. The third-order valence-corrected chi connectivity index (χ3v) is 5.40. The predicted octanol–water partition coefficient (Wildman–Crippen LogP) is 1.68. The summed E-state index contributed by atoms with van der Waals surface area (Å²) in [5.41, 5.74) is 5.97. The maximum absolute atomic E-state index is 12.3. The van der Waals surface area contributed by atoms with Gasteiger partial charge < -0.3 is 10.6 Å². The van der Waals surface area contributed by atoms with Crippen molar-refractivity contribution in [2.45, 2.75) is 30.7 Å². The first-order valence-corrected chi connectivity index (χ1v) is 8.58. The van der Waals surface area contributed by atoms with Gasteiger partial charge in [0.05, 0.1) is 15.6 Å². The second kappa shape index (κ2) is 6.30. The smallest absolute Gasteiger partial charge is 0.240 e. The Hall–Kier alpha value is -0.820. The molecular weight excluding hydrogens is 298 g/mol. The first-order chi connectivity index (χ1) is 9.42. The fraction of sp³-hybridized carbons (Fsp3) is 0.538. The summed E-state index contributed by atoms with van der Waals surface area (Å²) in [6, 6.07) is 4.32. The van der Waals surface area contributed by atoms with Gasteiger partial charge in [0.1, 0.15) is 0 Å². The van der Waals surface area contributed by atoms with Crippen LogP contribution in [0.25, 0.3) is 0 Å². The van der Waals surface area contributed by atoms with E-state index in [-0.39, 0.29) is 16.0 Å². The molecule has 1 unspecified atom stereocenters. The number of hydrogen-bond acceptors (Lipinski definition) is 4. The van der Waals surface area contributed by atoms with Gasteiger partial charge in [0.25, 0.3) is 0 Å². The second-order valence-corrected chi connectivity index (χ2v) is 7.16. The molecule has 0 aliphatic carbocycles. The molecule has 7 heteroatoms. The summed E-state index contributed by atoms with van der Waals surface area (Å²) in [5.74, 6) is 0. The number of nitrogens with one attached hydrogen (secondary N) is 1. The van der Waals surface area contributed by atoms with Gasteiger partial charge in [-0.3, -0.25) is 0 Å². The van der Waals surface area contributed by atoms with Crippen LogP contribution in [0.5, 0.6) is 0 Å². The normalized spacial score (nSPS) is 21.0. The van der Waals surface area contributed by atoms with E-state index < -0.39 is 10.0 Å². The molecule has 1 atom stereocenters. The molecule has 1 fully saturated rings. The van der Waals surface area contributed by atoms with Crippen LogP contribution in [0, 0.1) is 0 Å². The molecule has 0 bridgehead atoms. The number of piperidine rings is 1. The number of nitrogens with zero attached hydrogens (tertiary/aromatic N) is 1. The maximum Gasteiger partial charge on any atom is 0.240 e. The molecule has 112 valence electrons. The molecule has 1 saturated heterocycles. The summed E-state index contributed by atoms with van der Waals surface area (Å²) in [6.45, 7) is 4.80. The first-order valence-electron chi connectivity index (χ1n) is 6.72. The Labute approximate surface area is 125 Å². The molecule has 1 aliphatic heterocycles. The Bertz CT molecular complexity index is 577. The average Bonchev–Trinajstić information content (AvgIpc) is 2.41. The van der Waals surface area contributed by atoms with E-state index in [1.54, 1.807) is 0 Å². The highest BCUT2D eigenvalue weighted by Crippen LogP contribution is 2.23. The van der Waals surface area contributed by atoms with E-state index in [1.165, 1.54) is 18.2 Å². The Morgan fingerprint density at radius 3 is 2.90 bits per heavy atom. The number of benzene rings is 1. The highest BCUT2D eigenvalue weighted by atomic mass is 35.5. The lowest BCUT2D eigenvalue weighted by molar-refractivity contribution is 0.211. The van der Waals surface area contributed by atoms with Crippen LogP contribution < -0.4 is 10.5 Å². The van der Waals surface area contributed by atoms with Crippen molar-refractivity contribution in [2.75, 3.05) is 25.4 Å². The fourth-order valence-electron chi connectivity index (χ4n) is 2.40. The van der Waals surface area contributed by atoms with Crippen molar-refractivity contribution in [1.82, 2.24) is 9.62 Å². The number of likely N-dealkylation sites (tertiary alicyclic amines) is 1. The lowest BCUT2D eigenvalue weighted by Gasteiger charge is -2.32. The zero-order chi connectivity index (χ0) is 14.8. The van der Waals surface area contributed by atoms with Crippen molar-refractivity contribution >= 4 is 27.3 Å². The molecule has 0 spiro atoms. The van der Waals surface area contributed by atoms with Gasteiger partial charge in [-0.15, -0.1) is 0 Å². The minimum Gasteiger partial charge on any atom is -0.398 e. The summed E-state index contributed by atoms with van der Waals surface area (Å²) in [4.78, 5) is 2.40. The van der Waals surface area contributed by atoms with Gasteiger partial charge in [-0.25, -0.2) is 13.1 Å². The molecule has 2 rings (SSSR count). The molecule has 1 heterocycles. The monoisotopic (exact) mass is 317 g/mol. The maximum atomic E-state index is 12.3. The van der Waals surface area contributed by atoms with Crippen molar-refractivity contribution in [3.05, 3.63) is 23.2 Å². The molecular formula is C13H20ClN3O2S. The van der Waals surface area contributed by atoms with Gasteiger partial charge in [0.15, 0.2) is 0 Å². The van der Waals surface area contributed by atoms with Crippen LogP contribution in [0.15, 0.2) is 23.1 Å². The molecule has 0 saturated carbocycles. The molecule has 1 aromatic rings. The van der Waals surface area contributed by atoms with E-state index in [1.807, 2.05) is 0 Å². The lowest BCUT2D eigenvalue weighted by atomic mass is 10.1. The van der Waals surface area contributed by atoms with Crippen molar-refractivity contribution in [3.8, 4) is 0 Å². The highest BCUT2D eigenvalue weighted by molar-refractivity contribution is 7.89. The van der Waals surface area contributed by atoms with Crippen LogP contribution in [0.3, 0.4) is 0 Å². The number of hydrogen-bond donors (Lipinski definition) is 2. The number of anilines is 1. The number of nitrogen functional groups attached to an aromatic ring is 1. The quantitative estimate of drug-likeness (QED) is 0.829. The Kier molecular flexibility index (Phi) is 4.90. The van der Waals surface area contributed by atoms with Gasteiger partial charge in [-0.1, -0.05) is 18.5 Å². The number of halogens is 1. The third kappa shape index (κ3) is 3.63. The van der Waals surface area contributed by atoms with Crippen LogP contribution >= 0.6 is 11.6 Å². The molecule has 20 heavy (non-hydrogen) atoms. The van der Waals surface area contributed by atoms with Crippen LogP contribution in [-0.2, 0) is 10.0 Å². The fourth-order valence-corrected chi connectivity index (χ4v) is 3.93. The zero-order valence-corrected chi connectivity index (χ0v) is 13.0. The van der Waals surface area contributed by atoms with Crippen molar-refractivity contribution in [3.63, 3.8) is 0 Å². The Morgan fingerprint density at radius 2 is 2.25 bits per heavy atom. The van der Waals surface area contributed by atoms with Crippen LogP contribution in [0.1, 0.15) is 19.8 Å². The third-order valence-electron chi connectivity index (χ3n) is 3.56.